The maximum atomic E-state index is 12.2. The van der Waals surface area contributed by atoms with Crippen molar-refractivity contribution >= 4 is 22.2 Å². The number of alkyl halides is 3. The first-order chi connectivity index (χ1) is 9.12. The molecule has 10 heteroatoms. The summed E-state index contributed by atoms with van der Waals surface area (Å²) in [5.41, 5.74) is -6.16. The lowest BCUT2D eigenvalue weighted by atomic mass is 10.2. The van der Waals surface area contributed by atoms with Crippen LogP contribution in [0.2, 0.25) is 0 Å². The van der Waals surface area contributed by atoms with Crippen LogP contribution < -0.4 is 4.18 Å². The van der Waals surface area contributed by atoms with E-state index in [2.05, 4.69) is 20.5 Å². The van der Waals surface area contributed by atoms with E-state index in [1.54, 1.807) is 0 Å². The van der Waals surface area contributed by atoms with Crippen LogP contribution in [-0.4, -0.2) is 32.0 Å². The highest BCUT2D eigenvalue weighted by Crippen LogP contribution is 2.28. The molecule has 0 aliphatic heterocycles. The number of halogens is 3. The Morgan fingerprint density at radius 3 is 2.45 bits per heavy atom. The molecule has 1 aromatic rings. The van der Waals surface area contributed by atoms with Crippen LogP contribution in [0.4, 0.5) is 13.2 Å². The van der Waals surface area contributed by atoms with E-state index in [0.717, 1.165) is 25.3 Å². The number of hydrogen-bond donors (Lipinski definition) is 0. The Morgan fingerprint density at radius 2 is 2.00 bits per heavy atom. The molecule has 1 rings (SSSR count). The van der Waals surface area contributed by atoms with E-state index in [1.165, 1.54) is 0 Å². The van der Waals surface area contributed by atoms with Crippen molar-refractivity contribution in [3.8, 4) is 5.75 Å². The molecule has 0 aromatic carbocycles. The van der Waals surface area contributed by atoms with Crippen molar-refractivity contribution in [2.24, 2.45) is 0 Å². The second kappa shape index (κ2) is 5.49. The van der Waals surface area contributed by atoms with Crippen molar-refractivity contribution in [2.75, 3.05) is 7.11 Å². The monoisotopic (exact) mass is 311 g/mol. The minimum Gasteiger partial charge on any atom is -0.464 e. The van der Waals surface area contributed by atoms with Gasteiger partial charge in [-0.15, -0.1) is 0 Å². The number of pyridine rings is 1. The number of rotatable bonds is 4. The highest BCUT2D eigenvalue weighted by molar-refractivity contribution is 7.88. The second-order valence-electron chi connectivity index (χ2n) is 3.26. The zero-order chi connectivity index (χ0) is 15.6. The van der Waals surface area contributed by atoms with Crippen LogP contribution in [-0.2, 0) is 14.9 Å². The predicted molar refractivity (Wildman–Crippen MR) is 61.3 cm³/mol. The van der Waals surface area contributed by atoms with Crippen molar-refractivity contribution < 1.29 is 35.3 Å². The SMILES string of the molecule is C=Cc1nc(C(=O)OC)ccc1OS(=O)(=O)C(F)(F)F. The summed E-state index contributed by atoms with van der Waals surface area (Å²) in [6.45, 7) is 3.24. The van der Waals surface area contributed by atoms with E-state index < -0.39 is 27.3 Å². The molecule has 6 nitrogen and oxygen atoms in total. The van der Waals surface area contributed by atoms with Gasteiger partial charge in [0.25, 0.3) is 0 Å². The van der Waals surface area contributed by atoms with Gasteiger partial charge in [-0.05, 0) is 18.2 Å². The average molecular weight is 311 g/mol. The number of aromatic nitrogens is 1. The zero-order valence-electron chi connectivity index (χ0n) is 9.97. The van der Waals surface area contributed by atoms with E-state index in [9.17, 15) is 26.4 Å². The molecule has 0 saturated carbocycles. The number of nitrogens with zero attached hydrogens (tertiary/aromatic N) is 1. The van der Waals surface area contributed by atoms with Crippen LogP contribution in [0.15, 0.2) is 18.7 Å². The van der Waals surface area contributed by atoms with E-state index >= 15 is 0 Å². The molecule has 0 radical (unpaired) electrons. The molecule has 1 aromatic heterocycles. The van der Waals surface area contributed by atoms with Gasteiger partial charge in [-0.1, -0.05) is 6.58 Å². The van der Waals surface area contributed by atoms with Crippen LogP contribution in [0.3, 0.4) is 0 Å². The van der Waals surface area contributed by atoms with Crippen LogP contribution in [0, 0.1) is 0 Å². The van der Waals surface area contributed by atoms with Crippen LogP contribution >= 0.6 is 0 Å². The average Bonchev–Trinajstić information content (AvgIpc) is 2.36. The van der Waals surface area contributed by atoms with Crippen LogP contribution in [0.25, 0.3) is 6.08 Å². The van der Waals surface area contributed by atoms with Crippen molar-refractivity contribution in [3.05, 3.63) is 30.1 Å². The Bertz CT molecular complexity index is 639. The lowest BCUT2D eigenvalue weighted by Gasteiger charge is -2.11. The number of carbonyl (C=O) groups excluding carboxylic acids is 1. The smallest absolute Gasteiger partial charge is 0.464 e. The molecule has 0 N–H and O–H groups in total. The topological polar surface area (TPSA) is 82.6 Å². The largest absolute Gasteiger partial charge is 0.534 e. The lowest BCUT2D eigenvalue weighted by Crippen LogP contribution is -2.28. The van der Waals surface area contributed by atoms with Gasteiger partial charge in [-0.25, -0.2) is 9.78 Å². The third-order valence-electron chi connectivity index (χ3n) is 1.96. The maximum absolute atomic E-state index is 12.2. The van der Waals surface area contributed by atoms with Crippen molar-refractivity contribution in [1.82, 2.24) is 4.98 Å². The first kappa shape index (κ1) is 16.0. The van der Waals surface area contributed by atoms with Crippen molar-refractivity contribution in [2.45, 2.75) is 5.51 Å². The first-order valence-electron chi connectivity index (χ1n) is 4.85. The van der Waals surface area contributed by atoms with Crippen LogP contribution in [0.1, 0.15) is 16.2 Å². The van der Waals surface area contributed by atoms with Gasteiger partial charge in [0.2, 0.25) is 0 Å². The van der Waals surface area contributed by atoms with Crippen LogP contribution in [0.5, 0.6) is 5.75 Å². The van der Waals surface area contributed by atoms with Gasteiger partial charge in [0.1, 0.15) is 11.4 Å². The van der Waals surface area contributed by atoms with Gasteiger partial charge in [0, 0.05) is 0 Å². The first-order valence-corrected chi connectivity index (χ1v) is 6.25. The number of hydrogen-bond acceptors (Lipinski definition) is 6. The Labute approximate surface area is 112 Å². The van der Waals surface area contributed by atoms with Gasteiger partial charge >= 0.3 is 21.6 Å². The van der Waals surface area contributed by atoms with Gasteiger partial charge in [-0.3, -0.25) is 0 Å². The Morgan fingerprint density at radius 1 is 1.40 bits per heavy atom. The quantitative estimate of drug-likeness (QED) is 0.478. The summed E-state index contributed by atoms with van der Waals surface area (Å²) in [6.07, 6.45) is 0.938. The molecule has 0 fully saturated rings. The maximum Gasteiger partial charge on any atom is 0.534 e. The predicted octanol–water partition coefficient (Wildman–Crippen LogP) is 1.74. The summed E-state index contributed by atoms with van der Waals surface area (Å²) in [5, 5.41) is 0. The molecule has 0 amide bonds. The van der Waals surface area contributed by atoms with E-state index in [1.807, 2.05) is 0 Å². The minimum absolute atomic E-state index is 0.237. The van der Waals surface area contributed by atoms with E-state index in [0.29, 0.717) is 0 Å². The second-order valence-corrected chi connectivity index (χ2v) is 4.80. The fourth-order valence-corrected chi connectivity index (χ4v) is 1.53. The van der Waals surface area contributed by atoms with Gasteiger partial charge in [0.05, 0.1) is 7.11 Å². The summed E-state index contributed by atoms with van der Waals surface area (Å²) in [5.74, 6) is -1.55. The molecule has 0 aliphatic carbocycles. The Balaban J connectivity index is 3.22. The molecule has 1 heterocycles. The fourth-order valence-electron chi connectivity index (χ4n) is 1.06. The van der Waals surface area contributed by atoms with Gasteiger partial charge in [-0.2, -0.15) is 21.6 Å². The van der Waals surface area contributed by atoms with Crippen molar-refractivity contribution in [3.63, 3.8) is 0 Å². The standard InChI is InChI=1S/C10H8F3NO5S/c1-3-6-8(19-20(16,17)10(11,12)13)5-4-7(14-6)9(15)18-2/h3-5H,1H2,2H3. The molecule has 0 bridgehead atoms. The van der Waals surface area contributed by atoms with Gasteiger partial charge in [0.15, 0.2) is 5.75 Å². The number of ether oxygens (including phenoxy) is 1. The summed E-state index contributed by atoms with van der Waals surface area (Å²) in [7, 11) is -4.75. The number of esters is 1. The Hall–Kier alpha value is -2.10. The summed E-state index contributed by atoms with van der Waals surface area (Å²) in [4.78, 5) is 14.8. The molecule has 20 heavy (non-hydrogen) atoms. The van der Waals surface area contributed by atoms with Gasteiger partial charge < -0.3 is 8.92 Å². The fraction of sp³-hybridized carbons (Fsp3) is 0.200. The molecule has 0 saturated heterocycles. The summed E-state index contributed by atoms with van der Waals surface area (Å²) >= 11 is 0. The highest BCUT2D eigenvalue weighted by Gasteiger charge is 2.48. The number of carbonyl (C=O) groups is 1. The summed E-state index contributed by atoms with van der Waals surface area (Å²) < 4.78 is 66.6. The molecule has 0 unspecified atom stereocenters. The molecule has 110 valence electrons. The van der Waals surface area contributed by atoms with E-state index in [-0.39, 0.29) is 11.4 Å². The zero-order valence-corrected chi connectivity index (χ0v) is 10.8. The molecule has 0 atom stereocenters. The summed E-state index contributed by atoms with van der Waals surface area (Å²) in [6, 6.07) is 1.81. The van der Waals surface area contributed by atoms with E-state index in [4.69, 9.17) is 0 Å². The minimum atomic E-state index is -5.83. The molecule has 0 aliphatic rings. The highest BCUT2D eigenvalue weighted by atomic mass is 32.2. The number of methoxy groups -OCH3 is 1. The van der Waals surface area contributed by atoms with Crippen molar-refractivity contribution in [1.29, 1.82) is 0 Å². The Kier molecular flexibility index (Phi) is 4.38. The molecular formula is C10H8F3NO5S. The normalized spacial score (nSPS) is 11.8. The molecular weight excluding hydrogens is 303 g/mol. The lowest BCUT2D eigenvalue weighted by molar-refractivity contribution is -0.0500. The molecule has 0 spiro atoms. The third kappa shape index (κ3) is 3.26. The third-order valence-corrected chi connectivity index (χ3v) is 2.92.